The van der Waals surface area contributed by atoms with Crippen molar-refractivity contribution < 1.29 is 9.53 Å². The lowest BCUT2D eigenvalue weighted by Gasteiger charge is -2.11. The fourth-order valence-electron chi connectivity index (χ4n) is 2.32. The van der Waals surface area contributed by atoms with Gasteiger partial charge in [-0.2, -0.15) is 5.10 Å². The van der Waals surface area contributed by atoms with Crippen molar-refractivity contribution >= 4 is 11.7 Å². The van der Waals surface area contributed by atoms with E-state index in [1.165, 1.54) is 0 Å². The minimum absolute atomic E-state index is 0.0188. The number of nitrogens with one attached hydrogen (secondary N) is 1. The molecule has 3 rings (SSSR count). The van der Waals surface area contributed by atoms with Crippen molar-refractivity contribution in [3.63, 3.8) is 0 Å². The van der Waals surface area contributed by atoms with Crippen molar-refractivity contribution in [2.24, 2.45) is 5.73 Å². The first kappa shape index (κ1) is 12.7. The number of H-pyrrole nitrogens is 1. The lowest BCUT2D eigenvalue weighted by molar-refractivity contribution is -0.117. The molecule has 1 amide bonds. The summed E-state index contributed by atoms with van der Waals surface area (Å²) >= 11 is 0. The molecule has 0 aliphatic carbocycles. The zero-order chi connectivity index (χ0) is 14.1. The molecule has 1 atom stereocenters. The van der Waals surface area contributed by atoms with E-state index in [0.29, 0.717) is 18.8 Å². The number of anilines is 1. The summed E-state index contributed by atoms with van der Waals surface area (Å²) in [4.78, 5) is 13.4. The fraction of sp³-hybridized carbons (Fsp3) is 0.286. The average molecular weight is 272 g/mol. The molecule has 6 nitrogen and oxygen atoms in total. The van der Waals surface area contributed by atoms with Crippen molar-refractivity contribution in [1.82, 2.24) is 10.2 Å². The van der Waals surface area contributed by atoms with Gasteiger partial charge in [-0.05, 0) is 29.8 Å². The zero-order valence-electron chi connectivity index (χ0n) is 11.2. The van der Waals surface area contributed by atoms with Gasteiger partial charge in [0.15, 0.2) is 5.82 Å². The molecule has 1 aliphatic rings. The first-order chi connectivity index (χ1) is 9.67. The molecule has 1 saturated heterocycles. The van der Waals surface area contributed by atoms with Gasteiger partial charge in [-0.25, -0.2) is 0 Å². The monoisotopic (exact) mass is 272 g/mol. The van der Waals surface area contributed by atoms with E-state index in [1.54, 1.807) is 12.0 Å². The topological polar surface area (TPSA) is 84.2 Å². The highest BCUT2D eigenvalue weighted by atomic mass is 16.5. The average Bonchev–Trinajstić information content (AvgIpc) is 3.05. The van der Waals surface area contributed by atoms with Gasteiger partial charge in [0.2, 0.25) is 5.91 Å². The molecule has 0 bridgehead atoms. The van der Waals surface area contributed by atoms with Crippen molar-refractivity contribution in [3.8, 4) is 17.0 Å². The number of nitrogens with two attached hydrogens (primary N) is 1. The summed E-state index contributed by atoms with van der Waals surface area (Å²) in [6.07, 6.45) is 0.380. The Morgan fingerprint density at radius 2 is 2.15 bits per heavy atom. The number of hydrogen-bond donors (Lipinski definition) is 2. The third-order valence-corrected chi connectivity index (χ3v) is 3.40. The molecule has 0 spiro atoms. The Kier molecular flexibility index (Phi) is 3.15. The first-order valence-electron chi connectivity index (χ1n) is 6.43. The van der Waals surface area contributed by atoms with Crippen LogP contribution in [0.15, 0.2) is 30.3 Å². The molecule has 1 unspecified atom stereocenters. The lowest BCUT2D eigenvalue weighted by Crippen LogP contribution is -2.28. The van der Waals surface area contributed by atoms with Gasteiger partial charge in [0.1, 0.15) is 5.75 Å². The summed E-state index contributed by atoms with van der Waals surface area (Å²) in [6.45, 7) is 0.520. The third-order valence-electron chi connectivity index (χ3n) is 3.40. The highest BCUT2D eigenvalue weighted by Crippen LogP contribution is 2.25. The second kappa shape index (κ2) is 4.97. The van der Waals surface area contributed by atoms with Gasteiger partial charge >= 0.3 is 0 Å². The SMILES string of the molecule is COc1ccc(-c2cc(N3CC(N)CC3=O)n[nH]2)cc1. The molecule has 2 heterocycles. The number of ether oxygens (including phenoxy) is 1. The van der Waals surface area contributed by atoms with E-state index in [9.17, 15) is 4.79 Å². The molecule has 1 fully saturated rings. The number of hydrogen-bond acceptors (Lipinski definition) is 4. The highest BCUT2D eigenvalue weighted by Gasteiger charge is 2.29. The van der Waals surface area contributed by atoms with Crippen LogP contribution < -0.4 is 15.4 Å². The van der Waals surface area contributed by atoms with E-state index in [-0.39, 0.29) is 11.9 Å². The Morgan fingerprint density at radius 1 is 1.40 bits per heavy atom. The van der Waals surface area contributed by atoms with Crippen molar-refractivity contribution in [1.29, 1.82) is 0 Å². The summed E-state index contributed by atoms with van der Waals surface area (Å²) in [5.74, 6) is 1.44. The molecule has 104 valence electrons. The van der Waals surface area contributed by atoms with E-state index in [1.807, 2.05) is 30.3 Å². The van der Waals surface area contributed by atoms with Crippen LogP contribution in [0, 0.1) is 0 Å². The third kappa shape index (κ3) is 2.25. The number of nitrogens with zero attached hydrogens (tertiary/aromatic N) is 2. The van der Waals surface area contributed by atoms with Crippen LogP contribution in [0.2, 0.25) is 0 Å². The largest absolute Gasteiger partial charge is 0.497 e. The molecule has 1 aromatic heterocycles. The summed E-state index contributed by atoms with van der Waals surface area (Å²) in [5, 5.41) is 7.14. The summed E-state index contributed by atoms with van der Waals surface area (Å²) in [6, 6.07) is 9.39. The number of aromatic amines is 1. The van der Waals surface area contributed by atoms with Crippen LogP contribution >= 0.6 is 0 Å². The zero-order valence-corrected chi connectivity index (χ0v) is 11.2. The summed E-state index contributed by atoms with van der Waals surface area (Å²) in [7, 11) is 1.63. The van der Waals surface area contributed by atoms with Crippen molar-refractivity contribution in [2.75, 3.05) is 18.6 Å². The Bertz CT molecular complexity index is 620. The maximum absolute atomic E-state index is 11.8. The number of benzene rings is 1. The van der Waals surface area contributed by atoms with Gasteiger partial charge in [-0.1, -0.05) is 0 Å². The van der Waals surface area contributed by atoms with Gasteiger partial charge < -0.3 is 10.5 Å². The number of amides is 1. The maximum atomic E-state index is 11.8. The van der Waals surface area contributed by atoms with E-state index >= 15 is 0 Å². The number of carbonyl (C=O) groups excluding carboxylic acids is 1. The lowest BCUT2D eigenvalue weighted by atomic mass is 10.1. The Morgan fingerprint density at radius 3 is 2.75 bits per heavy atom. The van der Waals surface area contributed by atoms with Crippen LogP contribution in [0.1, 0.15) is 6.42 Å². The number of aromatic nitrogens is 2. The molecule has 0 saturated carbocycles. The maximum Gasteiger partial charge on any atom is 0.229 e. The van der Waals surface area contributed by atoms with Crippen molar-refractivity contribution in [3.05, 3.63) is 30.3 Å². The summed E-state index contributed by atoms with van der Waals surface area (Å²) < 4.78 is 5.12. The normalized spacial score (nSPS) is 18.6. The number of carbonyl (C=O) groups is 1. The molecule has 6 heteroatoms. The minimum Gasteiger partial charge on any atom is -0.497 e. The standard InChI is InChI=1S/C14H16N4O2/c1-20-11-4-2-9(3-5-11)12-7-13(17-16-12)18-8-10(15)6-14(18)19/h2-5,7,10H,6,8,15H2,1H3,(H,16,17). The van der Waals surface area contributed by atoms with E-state index in [2.05, 4.69) is 10.2 Å². The second-order valence-corrected chi connectivity index (χ2v) is 4.84. The van der Waals surface area contributed by atoms with Crippen LogP contribution in [0.4, 0.5) is 5.82 Å². The van der Waals surface area contributed by atoms with Gasteiger partial charge in [0.25, 0.3) is 0 Å². The molecule has 1 aliphatic heterocycles. The fourth-order valence-corrected chi connectivity index (χ4v) is 2.32. The van der Waals surface area contributed by atoms with E-state index < -0.39 is 0 Å². The van der Waals surface area contributed by atoms with Crippen LogP contribution in [-0.2, 0) is 4.79 Å². The van der Waals surface area contributed by atoms with Crippen LogP contribution in [-0.4, -0.2) is 35.8 Å². The van der Waals surface area contributed by atoms with Crippen LogP contribution in [0.3, 0.4) is 0 Å². The Hall–Kier alpha value is -2.34. The van der Waals surface area contributed by atoms with E-state index in [0.717, 1.165) is 17.0 Å². The van der Waals surface area contributed by atoms with Gasteiger partial charge in [0.05, 0.1) is 12.8 Å². The van der Waals surface area contributed by atoms with Crippen molar-refractivity contribution in [2.45, 2.75) is 12.5 Å². The Labute approximate surface area is 116 Å². The molecular weight excluding hydrogens is 256 g/mol. The summed E-state index contributed by atoms with van der Waals surface area (Å²) in [5.41, 5.74) is 7.63. The predicted molar refractivity (Wildman–Crippen MR) is 75.5 cm³/mol. The minimum atomic E-state index is -0.108. The molecule has 0 radical (unpaired) electrons. The van der Waals surface area contributed by atoms with Crippen LogP contribution in [0.5, 0.6) is 5.75 Å². The quantitative estimate of drug-likeness (QED) is 0.877. The number of methoxy groups -OCH3 is 1. The number of rotatable bonds is 3. The van der Waals surface area contributed by atoms with Gasteiger partial charge in [0, 0.05) is 25.1 Å². The molecule has 2 aromatic rings. The van der Waals surface area contributed by atoms with E-state index in [4.69, 9.17) is 10.5 Å². The molecule has 1 aromatic carbocycles. The van der Waals surface area contributed by atoms with Crippen LogP contribution in [0.25, 0.3) is 11.3 Å². The molecule has 3 N–H and O–H groups in total. The van der Waals surface area contributed by atoms with Gasteiger partial charge in [-0.15, -0.1) is 0 Å². The smallest absolute Gasteiger partial charge is 0.229 e. The predicted octanol–water partition coefficient (Wildman–Crippen LogP) is 1.15. The molecular formula is C14H16N4O2. The first-order valence-corrected chi connectivity index (χ1v) is 6.43. The van der Waals surface area contributed by atoms with Gasteiger partial charge in [-0.3, -0.25) is 14.8 Å². The Balaban J connectivity index is 1.84. The highest BCUT2D eigenvalue weighted by molar-refractivity contribution is 5.95. The second-order valence-electron chi connectivity index (χ2n) is 4.84. The molecule has 20 heavy (non-hydrogen) atoms.